The van der Waals surface area contributed by atoms with Gasteiger partial charge in [-0.2, -0.15) is 4.98 Å². The van der Waals surface area contributed by atoms with Crippen molar-refractivity contribution in [2.75, 3.05) is 12.4 Å². The lowest BCUT2D eigenvalue weighted by molar-refractivity contribution is 0.0595. The largest absolute Gasteiger partial charge is 0.464 e. The number of hydrogen-bond acceptors (Lipinski definition) is 6. The summed E-state index contributed by atoms with van der Waals surface area (Å²) >= 11 is 0. The molecule has 2 aromatic heterocycles. The standard InChI is InChI=1S/C10H12N4O3/c1-6-13-10(17-14-6)12-5-7-3-8(11-4-7)9(15)16-2/h3-4,11H,5H2,1-2H3,(H,12,13,14). The third kappa shape index (κ3) is 2.63. The summed E-state index contributed by atoms with van der Waals surface area (Å²) < 4.78 is 9.47. The van der Waals surface area contributed by atoms with Gasteiger partial charge < -0.3 is 19.6 Å². The van der Waals surface area contributed by atoms with Crippen LogP contribution in [-0.4, -0.2) is 28.2 Å². The molecular weight excluding hydrogens is 224 g/mol. The number of nitrogens with zero attached hydrogens (tertiary/aromatic N) is 2. The maximum atomic E-state index is 11.2. The van der Waals surface area contributed by atoms with Crippen molar-refractivity contribution in [1.82, 2.24) is 15.1 Å². The molecule has 0 amide bonds. The van der Waals surface area contributed by atoms with E-state index in [-0.39, 0.29) is 0 Å². The van der Waals surface area contributed by atoms with Gasteiger partial charge in [0.25, 0.3) is 0 Å². The lowest BCUT2D eigenvalue weighted by atomic mass is 10.3. The van der Waals surface area contributed by atoms with E-state index in [0.717, 1.165) is 5.56 Å². The first-order valence-electron chi connectivity index (χ1n) is 4.99. The molecule has 0 bridgehead atoms. The molecule has 7 nitrogen and oxygen atoms in total. The first kappa shape index (κ1) is 11.2. The Bertz CT molecular complexity index is 517. The van der Waals surface area contributed by atoms with E-state index in [1.165, 1.54) is 7.11 Å². The van der Waals surface area contributed by atoms with Crippen LogP contribution in [0.15, 0.2) is 16.8 Å². The molecule has 0 aliphatic heterocycles. The van der Waals surface area contributed by atoms with Gasteiger partial charge in [0.05, 0.1) is 7.11 Å². The van der Waals surface area contributed by atoms with Crippen LogP contribution in [-0.2, 0) is 11.3 Å². The summed E-state index contributed by atoms with van der Waals surface area (Å²) in [6.45, 7) is 2.22. The number of carbonyl (C=O) groups excluding carboxylic acids is 1. The number of anilines is 1. The summed E-state index contributed by atoms with van der Waals surface area (Å²) in [7, 11) is 1.34. The Kier molecular flexibility index (Phi) is 3.08. The van der Waals surface area contributed by atoms with Crippen molar-refractivity contribution in [2.45, 2.75) is 13.5 Å². The summed E-state index contributed by atoms with van der Waals surface area (Å²) in [5, 5.41) is 6.58. The minimum Gasteiger partial charge on any atom is -0.464 e. The number of esters is 1. The van der Waals surface area contributed by atoms with Gasteiger partial charge in [-0.25, -0.2) is 4.79 Å². The quantitative estimate of drug-likeness (QED) is 0.772. The third-order valence-corrected chi connectivity index (χ3v) is 2.12. The topological polar surface area (TPSA) is 93.0 Å². The smallest absolute Gasteiger partial charge is 0.354 e. The maximum Gasteiger partial charge on any atom is 0.354 e. The predicted octanol–water partition coefficient (Wildman–Crippen LogP) is 1.10. The zero-order chi connectivity index (χ0) is 12.3. The number of ether oxygens (including phenoxy) is 1. The lowest BCUT2D eigenvalue weighted by Crippen LogP contribution is -2.01. The number of aryl methyl sites for hydroxylation is 1. The fraction of sp³-hybridized carbons (Fsp3) is 0.300. The number of aromatic nitrogens is 3. The average molecular weight is 236 g/mol. The Morgan fingerprint density at radius 3 is 3.12 bits per heavy atom. The molecule has 2 rings (SSSR count). The second-order valence-electron chi connectivity index (χ2n) is 3.41. The van der Waals surface area contributed by atoms with E-state index >= 15 is 0 Å². The number of carbonyl (C=O) groups is 1. The molecule has 0 fully saturated rings. The normalized spacial score (nSPS) is 10.2. The van der Waals surface area contributed by atoms with Crippen molar-refractivity contribution in [3.8, 4) is 0 Å². The fourth-order valence-corrected chi connectivity index (χ4v) is 1.32. The molecule has 0 atom stereocenters. The van der Waals surface area contributed by atoms with Crippen molar-refractivity contribution >= 4 is 12.0 Å². The van der Waals surface area contributed by atoms with E-state index in [9.17, 15) is 4.79 Å². The highest BCUT2D eigenvalue weighted by Gasteiger charge is 2.08. The molecule has 7 heteroatoms. The molecule has 0 aliphatic carbocycles. The average Bonchev–Trinajstić information content (AvgIpc) is 2.94. The van der Waals surface area contributed by atoms with Crippen LogP contribution in [0.4, 0.5) is 6.01 Å². The Balaban J connectivity index is 1.95. The first-order chi connectivity index (χ1) is 8.19. The van der Waals surface area contributed by atoms with Crippen molar-refractivity contribution < 1.29 is 14.1 Å². The summed E-state index contributed by atoms with van der Waals surface area (Å²) in [4.78, 5) is 18.0. The molecule has 0 spiro atoms. The van der Waals surface area contributed by atoms with Crippen LogP contribution in [0.1, 0.15) is 21.9 Å². The van der Waals surface area contributed by atoms with Gasteiger partial charge in [0.1, 0.15) is 5.69 Å². The SMILES string of the molecule is COC(=O)c1cc(CNc2nc(C)no2)c[nH]1. The first-order valence-corrected chi connectivity index (χ1v) is 4.99. The number of nitrogens with one attached hydrogen (secondary N) is 2. The van der Waals surface area contributed by atoms with Crippen molar-refractivity contribution in [2.24, 2.45) is 0 Å². The van der Waals surface area contributed by atoms with E-state index in [4.69, 9.17) is 4.52 Å². The van der Waals surface area contributed by atoms with Crippen LogP contribution in [0, 0.1) is 6.92 Å². The molecule has 2 aromatic rings. The Hall–Kier alpha value is -2.31. The number of H-pyrrole nitrogens is 1. The molecule has 17 heavy (non-hydrogen) atoms. The molecule has 0 aliphatic rings. The minimum atomic E-state index is -0.398. The molecule has 0 unspecified atom stereocenters. The fourth-order valence-electron chi connectivity index (χ4n) is 1.32. The van der Waals surface area contributed by atoms with Crippen LogP contribution in [0.5, 0.6) is 0 Å². The monoisotopic (exact) mass is 236 g/mol. The van der Waals surface area contributed by atoms with Gasteiger partial charge in [-0.1, -0.05) is 5.16 Å². The van der Waals surface area contributed by atoms with Crippen LogP contribution >= 0.6 is 0 Å². The molecule has 90 valence electrons. The molecule has 2 N–H and O–H groups in total. The van der Waals surface area contributed by atoms with Crippen LogP contribution in [0.3, 0.4) is 0 Å². The number of methoxy groups -OCH3 is 1. The molecule has 0 aromatic carbocycles. The van der Waals surface area contributed by atoms with Gasteiger partial charge >= 0.3 is 12.0 Å². The van der Waals surface area contributed by atoms with Crippen molar-refractivity contribution in [1.29, 1.82) is 0 Å². The number of aromatic amines is 1. The van der Waals surface area contributed by atoms with Gasteiger partial charge in [-0.05, 0) is 18.6 Å². The third-order valence-electron chi connectivity index (χ3n) is 2.12. The Morgan fingerprint density at radius 1 is 1.65 bits per heavy atom. The van der Waals surface area contributed by atoms with E-state index in [1.54, 1.807) is 19.2 Å². The van der Waals surface area contributed by atoms with Crippen molar-refractivity contribution in [3.05, 3.63) is 29.3 Å². The minimum absolute atomic E-state index is 0.350. The number of hydrogen-bond donors (Lipinski definition) is 2. The van der Waals surface area contributed by atoms with Gasteiger partial charge in [0, 0.05) is 12.7 Å². The summed E-state index contributed by atoms with van der Waals surface area (Å²) in [5.74, 6) is 0.168. The summed E-state index contributed by atoms with van der Waals surface area (Å²) in [6, 6.07) is 2.05. The Morgan fingerprint density at radius 2 is 2.47 bits per heavy atom. The molecule has 0 saturated heterocycles. The van der Waals surface area contributed by atoms with Crippen molar-refractivity contribution in [3.63, 3.8) is 0 Å². The van der Waals surface area contributed by atoms with Gasteiger partial charge in [0.15, 0.2) is 5.82 Å². The highest BCUT2D eigenvalue weighted by Crippen LogP contribution is 2.08. The Labute approximate surface area is 97.2 Å². The predicted molar refractivity (Wildman–Crippen MR) is 58.5 cm³/mol. The van der Waals surface area contributed by atoms with Crippen LogP contribution in [0.2, 0.25) is 0 Å². The van der Waals surface area contributed by atoms with E-state index < -0.39 is 5.97 Å². The van der Waals surface area contributed by atoms with Gasteiger partial charge in [-0.15, -0.1) is 0 Å². The maximum absolute atomic E-state index is 11.2. The van der Waals surface area contributed by atoms with E-state index in [0.29, 0.717) is 24.1 Å². The zero-order valence-corrected chi connectivity index (χ0v) is 9.48. The highest BCUT2D eigenvalue weighted by molar-refractivity contribution is 5.87. The van der Waals surface area contributed by atoms with E-state index in [1.807, 2.05) is 0 Å². The van der Waals surface area contributed by atoms with E-state index in [2.05, 4.69) is 25.2 Å². The number of rotatable bonds is 4. The second-order valence-corrected chi connectivity index (χ2v) is 3.41. The summed E-state index contributed by atoms with van der Waals surface area (Å²) in [5.41, 5.74) is 1.30. The lowest BCUT2D eigenvalue weighted by Gasteiger charge is -1.96. The van der Waals surface area contributed by atoms with Gasteiger partial charge in [-0.3, -0.25) is 0 Å². The second kappa shape index (κ2) is 4.69. The molecule has 0 saturated carbocycles. The highest BCUT2D eigenvalue weighted by atomic mass is 16.5. The molecule has 0 radical (unpaired) electrons. The van der Waals surface area contributed by atoms with Crippen LogP contribution in [0.25, 0.3) is 0 Å². The zero-order valence-electron chi connectivity index (χ0n) is 9.48. The summed E-state index contributed by atoms with van der Waals surface area (Å²) in [6.07, 6.45) is 1.71. The van der Waals surface area contributed by atoms with Crippen LogP contribution < -0.4 is 5.32 Å². The molecular formula is C10H12N4O3. The molecule has 2 heterocycles. The van der Waals surface area contributed by atoms with Gasteiger partial charge in [0.2, 0.25) is 0 Å².